The Kier molecular flexibility index (Phi) is 5.82. The Morgan fingerprint density at radius 2 is 2.05 bits per heavy atom. The van der Waals surface area contributed by atoms with E-state index in [1.807, 2.05) is 0 Å². The molecular weight excluding hydrogens is 312 g/mol. The Morgan fingerprint density at radius 1 is 1.43 bits per heavy atom. The maximum atomic E-state index is 12.4. The van der Waals surface area contributed by atoms with Gasteiger partial charge in [0, 0.05) is 12.6 Å². The third kappa shape index (κ3) is 4.23. The van der Waals surface area contributed by atoms with Gasteiger partial charge in [-0.05, 0) is 31.5 Å². The predicted molar refractivity (Wildman–Crippen MR) is 83.5 cm³/mol. The van der Waals surface area contributed by atoms with Crippen LogP contribution in [-0.2, 0) is 19.6 Å². The van der Waals surface area contributed by atoms with Crippen molar-refractivity contribution in [1.29, 1.82) is 0 Å². The fourth-order valence-corrected chi connectivity index (χ4v) is 3.16. The molecule has 0 aliphatic rings. The lowest BCUT2D eigenvalue weighted by molar-refractivity contribution is -0.143. The number of hydrogen-bond acceptors (Lipinski definition) is 5. The SMILES string of the molecule is CCOC(=O)CN(C)S(=O)(=O)c1ccc(C(N)=S)c(C)c1. The van der Waals surface area contributed by atoms with Gasteiger partial charge in [-0.3, -0.25) is 4.79 Å². The van der Waals surface area contributed by atoms with E-state index >= 15 is 0 Å². The average Bonchev–Trinajstić information content (AvgIpc) is 2.38. The number of rotatable bonds is 6. The number of thiocarbonyl (C=S) groups is 1. The number of likely N-dealkylation sites (N-methyl/N-ethyl adjacent to an activating group) is 1. The molecule has 1 aromatic rings. The molecular formula is C13H18N2O4S2. The fourth-order valence-electron chi connectivity index (χ4n) is 1.73. The van der Waals surface area contributed by atoms with Crippen LogP contribution >= 0.6 is 12.2 Å². The van der Waals surface area contributed by atoms with Gasteiger partial charge in [-0.15, -0.1) is 0 Å². The van der Waals surface area contributed by atoms with E-state index in [1.165, 1.54) is 19.2 Å². The molecule has 0 fully saturated rings. The summed E-state index contributed by atoms with van der Waals surface area (Å²) in [6.07, 6.45) is 0. The zero-order chi connectivity index (χ0) is 16.2. The average molecular weight is 330 g/mol. The molecule has 0 radical (unpaired) electrons. The van der Waals surface area contributed by atoms with Crippen LogP contribution in [0.1, 0.15) is 18.1 Å². The quantitative estimate of drug-likeness (QED) is 0.613. The van der Waals surface area contributed by atoms with E-state index in [2.05, 4.69) is 0 Å². The van der Waals surface area contributed by atoms with Gasteiger partial charge in [-0.2, -0.15) is 4.31 Å². The summed E-state index contributed by atoms with van der Waals surface area (Å²) < 4.78 is 30.4. The van der Waals surface area contributed by atoms with Crippen molar-refractivity contribution in [2.75, 3.05) is 20.2 Å². The van der Waals surface area contributed by atoms with E-state index in [4.69, 9.17) is 22.7 Å². The zero-order valence-electron chi connectivity index (χ0n) is 12.1. The van der Waals surface area contributed by atoms with Crippen LogP contribution in [0.2, 0.25) is 0 Å². The van der Waals surface area contributed by atoms with Crippen LogP contribution in [0.15, 0.2) is 23.1 Å². The van der Waals surface area contributed by atoms with Gasteiger partial charge in [0.1, 0.15) is 11.5 Å². The first kappa shape index (κ1) is 17.5. The topological polar surface area (TPSA) is 89.7 Å². The van der Waals surface area contributed by atoms with Crippen LogP contribution < -0.4 is 5.73 Å². The largest absolute Gasteiger partial charge is 0.465 e. The molecule has 0 aliphatic heterocycles. The van der Waals surface area contributed by atoms with Crippen molar-refractivity contribution in [2.24, 2.45) is 5.73 Å². The second-order valence-electron chi connectivity index (χ2n) is 4.41. The fraction of sp³-hybridized carbons (Fsp3) is 0.385. The number of hydrogen-bond donors (Lipinski definition) is 1. The summed E-state index contributed by atoms with van der Waals surface area (Å²) >= 11 is 4.88. The molecule has 0 aromatic heterocycles. The van der Waals surface area contributed by atoms with Crippen molar-refractivity contribution < 1.29 is 17.9 Å². The molecule has 1 rings (SSSR count). The van der Waals surface area contributed by atoms with Crippen LogP contribution in [-0.4, -0.2) is 43.9 Å². The van der Waals surface area contributed by atoms with Crippen molar-refractivity contribution in [1.82, 2.24) is 4.31 Å². The highest BCUT2D eigenvalue weighted by Crippen LogP contribution is 2.18. The Morgan fingerprint density at radius 3 is 2.52 bits per heavy atom. The van der Waals surface area contributed by atoms with Crippen LogP contribution in [0.5, 0.6) is 0 Å². The Labute approximate surface area is 129 Å². The molecule has 1 aromatic carbocycles. The molecule has 0 amide bonds. The first-order valence-electron chi connectivity index (χ1n) is 6.22. The summed E-state index contributed by atoms with van der Waals surface area (Å²) in [5.41, 5.74) is 6.83. The monoisotopic (exact) mass is 330 g/mol. The molecule has 0 aliphatic carbocycles. The number of carbonyl (C=O) groups excluding carboxylic acids is 1. The van der Waals surface area contributed by atoms with E-state index in [-0.39, 0.29) is 23.0 Å². The lowest BCUT2D eigenvalue weighted by Crippen LogP contribution is -2.33. The van der Waals surface area contributed by atoms with Crippen LogP contribution in [0.4, 0.5) is 0 Å². The Hall–Kier alpha value is -1.51. The molecule has 0 saturated heterocycles. The summed E-state index contributed by atoms with van der Waals surface area (Å²) in [6.45, 7) is 3.24. The Bertz CT molecular complexity index is 656. The Balaban J connectivity index is 3.05. The normalized spacial score (nSPS) is 11.4. The van der Waals surface area contributed by atoms with Gasteiger partial charge in [-0.1, -0.05) is 18.3 Å². The molecule has 0 unspecified atom stereocenters. The van der Waals surface area contributed by atoms with Gasteiger partial charge in [-0.25, -0.2) is 8.42 Å². The van der Waals surface area contributed by atoms with Gasteiger partial charge < -0.3 is 10.5 Å². The number of carbonyl (C=O) groups is 1. The number of nitrogens with two attached hydrogens (primary N) is 1. The molecule has 0 saturated carbocycles. The number of ether oxygens (including phenoxy) is 1. The maximum absolute atomic E-state index is 12.4. The highest BCUT2D eigenvalue weighted by atomic mass is 32.2. The van der Waals surface area contributed by atoms with Crippen molar-refractivity contribution in [3.05, 3.63) is 29.3 Å². The summed E-state index contributed by atoms with van der Waals surface area (Å²) in [4.78, 5) is 11.7. The molecule has 21 heavy (non-hydrogen) atoms. The number of benzene rings is 1. The van der Waals surface area contributed by atoms with Crippen LogP contribution in [0, 0.1) is 6.92 Å². The molecule has 8 heteroatoms. The lowest BCUT2D eigenvalue weighted by atomic mass is 10.1. The molecule has 0 heterocycles. The third-order valence-electron chi connectivity index (χ3n) is 2.83. The van der Waals surface area contributed by atoms with E-state index in [9.17, 15) is 13.2 Å². The van der Waals surface area contributed by atoms with E-state index < -0.39 is 16.0 Å². The standard InChI is InChI=1S/C13H18N2O4S2/c1-4-19-12(16)8-15(3)21(17,18)10-5-6-11(13(14)20)9(2)7-10/h5-7H,4,8H2,1-3H3,(H2,14,20). The van der Waals surface area contributed by atoms with Gasteiger partial charge in [0.15, 0.2) is 0 Å². The van der Waals surface area contributed by atoms with Gasteiger partial charge >= 0.3 is 5.97 Å². The second-order valence-corrected chi connectivity index (χ2v) is 6.89. The van der Waals surface area contributed by atoms with Gasteiger partial charge in [0.2, 0.25) is 10.0 Å². The summed E-state index contributed by atoms with van der Waals surface area (Å²) in [6, 6.07) is 4.45. The molecule has 6 nitrogen and oxygen atoms in total. The zero-order valence-corrected chi connectivity index (χ0v) is 13.8. The van der Waals surface area contributed by atoms with E-state index in [1.54, 1.807) is 19.9 Å². The summed E-state index contributed by atoms with van der Waals surface area (Å²) in [5.74, 6) is -0.597. The number of esters is 1. The number of sulfonamides is 1. The minimum Gasteiger partial charge on any atom is -0.465 e. The summed E-state index contributed by atoms with van der Waals surface area (Å²) in [5, 5.41) is 0. The van der Waals surface area contributed by atoms with Crippen LogP contribution in [0.3, 0.4) is 0 Å². The minimum absolute atomic E-state index is 0.0757. The highest BCUT2D eigenvalue weighted by molar-refractivity contribution is 7.89. The second kappa shape index (κ2) is 6.97. The first-order chi connectivity index (χ1) is 9.70. The van der Waals surface area contributed by atoms with Crippen molar-refractivity contribution in [3.8, 4) is 0 Å². The van der Waals surface area contributed by atoms with Crippen molar-refractivity contribution >= 4 is 33.2 Å². The third-order valence-corrected chi connectivity index (χ3v) is 4.85. The summed E-state index contributed by atoms with van der Waals surface area (Å²) in [7, 11) is -2.45. The molecule has 0 bridgehead atoms. The van der Waals surface area contributed by atoms with E-state index in [0.717, 1.165) is 4.31 Å². The smallest absolute Gasteiger partial charge is 0.321 e. The van der Waals surface area contributed by atoms with Gasteiger partial charge in [0.05, 0.1) is 11.5 Å². The van der Waals surface area contributed by atoms with Gasteiger partial charge in [0.25, 0.3) is 0 Å². The first-order valence-corrected chi connectivity index (χ1v) is 8.07. The van der Waals surface area contributed by atoms with Crippen LogP contribution in [0.25, 0.3) is 0 Å². The predicted octanol–water partition coefficient (Wildman–Crippen LogP) is 0.813. The molecule has 2 N–H and O–H groups in total. The van der Waals surface area contributed by atoms with Crippen molar-refractivity contribution in [2.45, 2.75) is 18.7 Å². The van der Waals surface area contributed by atoms with Crippen molar-refractivity contribution in [3.63, 3.8) is 0 Å². The highest BCUT2D eigenvalue weighted by Gasteiger charge is 2.24. The number of aryl methyl sites for hydroxylation is 1. The molecule has 0 spiro atoms. The lowest BCUT2D eigenvalue weighted by Gasteiger charge is -2.17. The maximum Gasteiger partial charge on any atom is 0.321 e. The minimum atomic E-state index is -3.77. The molecule has 0 atom stereocenters. The molecule has 116 valence electrons. The number of nitrogens with zero attached hydrogens (tertiary/aromatic N) is 1. The van der Waals surface area contributed by atoms with E-state index in [0.29, 0.717) is 11.1 Å².